The predicted molar refractivity (Wildman–Crippen MR) is 94.8 cm³/mol. The summed E-state index contributed by atoms with van der Waals surface area (Å²) in [4.78, 5) is 2.22. The number of nitrogens with zero attached hydrogens (tertiary/aromatic N) is 2. The molecule has 0 amide bonds. The summed E-state index contributed by atoms with van der Waals surface area (Å²) >= 11 is 0. The number of ether oxygens (including phenoxy) is 2. The van der Waals surface area contributed by atoms with Gasteiger partial charge in [0.25, 0.3) is 0 Å². The van der Waals surface area contributed by atoms with E-state index in [0.29, 0.717) is 6.61 Å². The second-order valence-electron chi connectivity index (χ2n) is 5.95. The third-order valence-corrected chi connectivity index (χ3v) is 4.40. The van der Waals surface area contributed by atoms with Gasteiger partial charge in [-0.2, -0.15) is 0 Å². The maximum absolute atomic E-state index is 13.1. The fourth-order valence-corrected chi connectivity index (χ4v) is 3.13. The van der Waals surface area contributed by atoms with Crippen LogP contribution in [0.3, 0.4) is 0 Å². The Kier molecular flexibility index (Phi) is 4.15. The second kappa shape index (κ2) is 6.61. The van der Waals surface area contributed by atoms with Gasteiger partial charge in [0.1, 0.15) is 11.6 Å². The Morgan fingerprint density at radius 1 is 1.08 bits per heavy atom. The van der Waals surface area contributed by atoms with Gasteiger partial charge in [-0.25, -0.2) is 4.39 Å². The van der Waals surface area contributed by atoms with Crippen LogP contribution in [0.1, 0.15) is 11.8 Å². The van der Waals surface area contributed by atoms with Crippen molar-refractivity contribution in [3.8, 4) is 11.4 Å². The van der Waals surface area contributed by atoms with Crippen molar-refractivity contribution in [1.82, 2.24) is 4.57 Å². The van der Waals surface area contributed by atoms with Crippen LogP contribution in [0.25, 0.3) is 5.69 Å². The van der Waals surface area contributed by atoms with E-state index in [1.54, 1.807) is 19.2 Å². The van der Waals surface area contributed by atoms with E-state index in [9.17, 15) is 4.39 Å². The lowest BCUT2D eigenvalue weighted by Gasteiger charge is -2.25. The van der Waals surface area contributed by atoms with Gasteiger partial charge in [0.05, 0.1) is 13.7 Å². The predicted octanol–water partition coefficient (Wildman–Crippen LogP) is 4.16. The maximum atomic E-state index is 13.1. The first-order chi connectivity index (χ1) is 12.2. The zero-order valence-corrected chi connectivity index (χ0v) is 13.9. The van der Waals surface area contributed by atoms with Crippen molar-refractivity contribution in [3.63, 3.8) is 0 Å². The van der Waals surface area contributed by atoms with E-state index in [1.807, 2.05) is 41.2 Å². The van der Waals surface area contributed by atoms with Gasteiger partial charge in [-0.15, -0.1) is 0 Å². The molecule has 3 aromatic rings. The van der Waals surface area contributed by atoms with Gasteiger partial charge in [-0.05, 0) is 42.5 Å². The molecule has 0 radical (unpaired) electrons. The van der Waals surface area contributed by atoms with Gasteiger partial charge in [0.15, 0.2) is 6.23 Å². The number of methoxy groups -OCH3 is 1. The number of halogens is 1. The number of benzene rings is 2. The Balaban J connectivity index is 1.61. The van der Waals surface area contributed by atoms with Gasteiger partial charge in [0, 0.05) is 41.9 Å². The Morgan fingerprint density at radius 3 is 2.72 bits per heavy atom. The summed E-state index contributed by atoms with van der Waals surface area (Å²) in [6, 6.07) is 16.5. The Labute approximate surface area is 146 Å². The third kappa shape index (κ3) is 3.10. The van der Waals surface area contributed by atoms with Crippen LogP contribution in [0.2, 0.25) is 0 Å². The van der Waals surface area contributed by atoms with Crippen molar-refractivity contribution in [3.05, 3.63) is 78.4 Å². The highest BCUT2D eigenvalue weighted by atomic mass is 19.1. The minimum absolute atomic E-state index is 0.145. The number of anilines is 1. The molecule has 1 aliphatic heterocycles. The van der Waals surface area contributed by atoms with Crippen LogP contribution in [0.15, 0.2) is 67.0 Å². The molecule has 2 aromatic carbocycles. The van der Waals surface area contributed by atoms with Crippen LogP contribution >= 0.6 is 0 Å². The second-order valence-corrected chi connectivity index (χ2v) is 5.95. The molecular weight excluding hydrogens is 319 g/mol. The third-order valence-electron chi connectivity index (χ3n) is 4.40. The van der Waals surface area contributed by atoms with E-state index in [0.717, 1.165) is 29.2 Å². The summed E-state index contributed by atoms with van der Waals surface area (Å²) in [5.74, 6) is 0.589. The molecule has 1 unspecified atom stereocenters. The topological polar surface area (TPSA) is 26.6 Å². The van der Waals surface area contributed by atoms with Gasteiger partial charge < -0.3 is 18.9 Å². The lowest BCUT2D eigenvalue weighted by molar-refractivity contribution is 0.114. The Morgan fingerprint density at radius 2 is 1.92 bits per heavy atom. The maximum Gasteiger partial charge on any atom is 0.158 e. The van der Waals surface area contributed by atoms with Crippen molar-refractivity contribution in [2.45, 2.75) is 6.23 Å². The Hall–Kier alpha value is -2.79. The van der Waals surface area contributed by atoms with Crippen LogP contribution in [0, 0.1) is 5.82 Å². The normalized spacial score (nSPS) is 17.0. The monoisotopic (exact) mass is 338 g/mol. The number of hydrogen-bond acceptors (Lipinski definition) is 3. The van der Waals surface area contributed by atoms with E-state index < -0.39 is 0 Å². The van der Waals surface area contributed by atoms with Crippen LogP contribution in [-0.4, -0.2) is 24.8 Å². The SMILES string of the molecule is COc1cccc(N2CCOC2c2ccn(-c3ccc(F)cc3)c2)c1. The molecule has 128 valence electrons. The molecule has 0 N–H and O–H groups in total. The molecule has 1 aliphatic rings. The van der Waals surface area contributed by atoms with Crippen LogP contribution in [0.5, 0.6) is 5.75 Å². The minimum Gasteiger partial charge on any atom is -0.497 e. The standard InChI is InChI=1S/C20H19FN2O2/c1-24-19-4-2-3-18(13-19)23-11-12-25-20(23)15-9-10-22(14-15)17-7-5-16(21)6-8-17/h2-10,13-14,20H,11-12H2,1H3. The highest BCUT2D eigenvalue weighted by Gasteiger charge is 2.28. The first-order valence-electron chi connectivity index (χ1n) is 8.21. The van der Waals surface area contributed by atoms with Gasteiger partial charge >= 0.3 is 0 Å². The summed E-state index contributed by atoms with van der Waals surface area (Å²) < 4.78 is 26.4. The van der Waals surface area contributed by atoms with E-state index in [2.05, 4.69) is 11.0 Å². The summed E-state index contributed by atoms with van der Waals surface area (Å²) in [5, 5.41) is 0. The highest BCUT2D eigenvalue weighted by Crippen LogP contribution is 2.34. The minimum atomic E-state index is -0.237. The number of hydrogen-bond donors (Lipinski definition) is 0. The molecule has 0 aliphatic carbocycles. The lowest BCUT2D eigenvalue weighted by atomic mass is 10.2. The van der Waals surface area contributed by atoms with Gasteiger partial charge in [0.2, 0.25) is 0 Å². The van der Waals surface area contributed by atoms with E-state index in [-0.39, 0.29) is 12.0 Å². The highest BCUT2D eigenvalue weighted by molar-refractivity contribution is 5.53. The quantitative estimate of drug-likeness (QED) is 0.715. The summed E-state index contributed by atoms with van der Waals surface area (Å²) in [6.07, 6.45) is 3.85. The largest absolute Gasteiger partial charge is 0.497 e. The Bertz CT molecular complexity index is 860. The molecule has 4 nitrogen and oxygen atoms in total. The van der Waals surface area contributed by atoms with Crippen molar-refractivity contribution in [1.29, 1.82) is 0 Å². The number of aromatic nitrogens is 1. The average Bonchev–Trinajstić information content (AvgIpc) is 3.31. The number of rotatable bonds is 4. The summed E-state index contributed by atoms with van der Waals surface area (Å²) in [5.41, 5.74) is 3.04. The van der Waals surface area contributed by atoms with Gasteiger partial charge in [-0.1, -0.05) is 6.07 Å². The molecule has 1 saturated heterocycles. The first kappa shape index (κ1) is 15.7. The lowest BCUT2D eigenvalue weighted by Crippen LogP contribution is -2.22. The molecule has 0 bridgehead atoms. The molecule has 5 heteroatoms. The molecular formula is C20H19FN2O2. The van der Waals surface area contributed by atoms with E-state index >= 15 is 0 Å². The molecule has 0 spiro atoms. The zero-order chi connectivity index (χ0) is 17.2. The summed E-state index contributed by atoms with van der Waals surface area (Å²) in [7, 11) is 1.67. The first-order valence-corrected chi connectivity index (χ1v) is 8.21. The molecule has 1 fully saturated rings. The van der Waals surface area contributed by atoms with Crippen molar-refractivity contribution in [2.75, 3.05) is 25.2 Å². The fraction of sp³-hybridized carbons (Fsp3) is 0.200. The van der Waals surface area contributed by atoms with Crippen LogP contribution in [-0.2, 0) is 4.74 Å². The molecule has 25 heavy (non-hydrogen) atoms. The fourth-order valence-electron chi connectivity index (χ4n) is 3.13. The molecule has 2 heterocycles. The van der Waals surface area contributed by atoms with Gasteiger partial charge in [-0.3, -0.25) is 0 Å². The average molecular weight is 338 g/mol. The van der Waals surface area contributed by atoms with Crippen molar-refractivity contribution < 1.29 is 13.9 Å². The van der Waals surface area contributed by atoms with E-state index in [4.69, 9.17) is 9.47 Å². The molecule has 1 aromatic heterocycles. The van der Waals surface area contributed by atoms with Crippen LogP contribution < -0.4 is 9.64 Å². The van der Waals surface area contributed by atoms with E-state index in [1.165, 1.54) is 12.1 Å². The molecule has 1 atom stereocenters. The van der Waals surface area contributed by atoms with Crippen molar-refractivity contribution in [2.24, 2.45) is 0 Å². The molecule has 0 saturated carbocycles. The van der Waals surface area contributed by atoms with Crippen LogP contribution in [0.4, 0.5) is 10.1 Å². The molecule has 4 rings (SSSR count). The van der Waals surface area contributed by atoms with Crippen molar-refractivity contribution >= 4 is 5.69 Å². The smallest absolute Gasteiger partial charge is 0.158 e. The zero-order valence-electron chi connectivity index (χ0n) is 13.9. The summed E-state index contributed by atoms with van der Waals surface area (Å²) in [6.45, 7) is 1.49.